The highest BCUT2D eigenvalue weighted by molar-refractivity contribution is 7.91. The number of hydrogen-bond acceptors (Lipinski definition) is 6. The first-order valence-electron chi connectivity index (χ1n) is 7.85. The van der Waals surface area contributed by atoms with E-state index in [0.717, 1.165) is 12.8 Å². The molecule has 1 unspecified atom stereocenters. The molecule has 0 bridgehead atoms. The summed E-state index contributed by atoms with van der Waals surface area (Å²) in [5.41, 5.74) is 0.627. The van der Waals surface area contributed by atoms with Gasteiger partial charge in [0.2, 0.25) is 21.6 Å². The number of likely N-dealkylation sites (tertiary alicyclic amines) is 1. The molecule has 1 aliphatic heterocycles. The maximum Gasteiger partial charge on any atom is 0.336 e. The SMILES string of the molecule is CC1CCCN(C(=O)CS(=O)(=O)c2nnc(-c3ccccc3)o2)C1. The normalized spacial score (nSPS) is 18.5. The van der Waals surface area contributed by atoms with Gasteiger partial charge in [0.05, 0.1) is 0 Å². The van der Waals surface area contributed by atoms with Crippen molar-refractivity contribution in [2.24, 2.45) is 5.92 Å². The van der Waals surface area contributed by atoms with Gasteiger partial charge >= 0.3 is 5.22 Å². The van der Waals surface area contributed by atoms with E-state index in [4.69, 9.17) is 4.42 Å². The van der Waals surface area contributed by atoms with Gasteiger partial charge in [-0.05, 0) is 30.9 Å². The Balaban J connectivity index is 1.74. The molecule has 128 valence electrons. The maximum absolute atomic E-state index is 12.4. The standard InChI is InChI=1S/C16H19N3O4S/c1-12-6-5-9-19(10-12)14(20)11-24(21,22)16-18-17-15(23-16)13-7-3-2-4-8-13/h2-4,7-8,12H,5-6,9-11H2,1H3. The monoisotopic (exact) mass is 349 g/mol. The van der Waals surface area contributed by atoms with Crippen LogP contribution in [0.25, 0.3) is 11.5 Å². The molecule has 1 aliphatic rings. The number of aromatic nitrogens is 2. The van der Waals surface area contributed by atoms with Crippen molar-refractivity contribution in [2.75, 3.05) is 18.8 Å². The molecule has 2 aromatic rings. The van der Waals surface area contributed by atoms with Gasteiger partial charge in [-0.1, -0.05) is 30.2 Å². The Labute approximate surface area is 140 Å². The van der Waals surface area contributed by atoms with E-state index in [1.165, 1.54) is 0 Å². The number of sulfone groups is 1. The second kappa shape index (κ2) is 6.72. The molecule has 3 rings (SSSR count). The predicted octanol–water partition coefficient (Wildman–Crippen LogP) is 1.77. The van der Waals surface area contributed by atoms with Crippen molar-refractivity contribution in [3.05, 3.63) is 30.3 Å². The summed E-state index contributed by atoms with van der Waals surface area (Å²) in [6.07, 6.45) is 1.95. The second-order valence-corrected chi connectivity index (χ2v) is 7.95. The van der Waals surface area contributed by atoms with Crippen LogP contribution in [0.2, 0.25) is 0 Å². The van der Waals surface area contributed by atoms with Crippen molar-refractivity contribution in [3.8, 4) is 11.5 Å². The molecule has 0 radical (unpaired) electrons. The molecule has 0 spiro atoms. The lowest BCUT2D eigenvalue weighted by Crippen LogP contribution is -2.42. The lowest BCUT2D eigenvalue weighted by atomic mass is 10.0. The number of amides is 1. The molecular formula is C16H19N3O4S. The van der Waals surface area contributed by atoms with Gasteiger partial charge in [-0.2, -0.15) is 0 Å². The van der Waals surface area contributed by atoms with Gasteiger partial charge in [-0.25, -0.2) is 8.42 Å². The molecule has 8 heteroatoms. The Bertz CT molecular complexity index is 817. The van der Waals surface area contributed by atoms with E-state index >= 15 is 0 Å². The van der Waals surface area contributed by atoms with Gasteiger partial charge < -0.3 is 9.32 Å². The Kier molecular flexibility index (Phi) is 4.66. The van der Waals surface area contributed by atoms with Crippen molar-refractivity contribution in [1.82, 2.24) is 15.1 Å². The average Bonchev–Trinajstić information content (AvgIpc) is 3.06. The minimum Gasteiger partial charge on any atom is -0.408 e. The molecule has 1 saturated heterocycles. The van der Waals surface area contributed by atoms with Crippen LogP contribution >= 0.6 is 0 Å². The van der Waals surface area contributed by atoms with Crippen LogP contribution in [0.15, 0.2) is 40.0 Å². The highest BCUT2D eigenvalue weighted by atomic mass is 32.2. The number of rotatable bonds is 4. The first-order chi connectivity index (χ1) is 11.5. The van der Waals surface area contributed by atoms with Crippen molar-refractivity contribution in [1.29, 1.82) is 0 Å². The Morgan fingerprint density at radius 2 is 2.04 bits per heavy atom. The van der Waals surface area contributed by atoms with Crippen LogP contribution in [0.1, 0.15) is 19.8 Å². The third-order valence-corrected chi connectivity index (χ3v) is 5.34. The topological polar surface area (TPSA) is 93.4 Å². The number of hydrogen-bond donors (Lipinski definition) is 0. The molecule has 1 amide bonds. The number of benzene rings is 1. The van der Waals surface area contributed by atoms with Crippen molar-refractivity contribution < 1.29 is 17.6 Å². The largest absolute Gasteiger partial charge is 0.408 e. The van der Waals surface area contributed by atoms with Crippen LogP contribution in [-0.2, 0) is 14.6 Å². The van der Waals surface area contributed by atoms with Crippen LogP contribution in [-0.4, -0.2) is 48.3 Å². The van der Waals surface area contributed by atoms with E-state index in [0.29, 0.717) is 24.6 Å². The zero-order valence-electron chi connectivity index (χ0n) is 13.4. The highest BCUT2D eigenvalue weighted by Gasteiger charge is 2.30. The van der Waals surface area contributed by atoms with Crippen LogP contribution in [0, 0.1) is 5.92 Å². The van der Waals surface area contributed by atoms with Crippen molar-refractivity contribution in [3.63, 3.8) is 0 Å². The summed E-state index contributed by atoms with van der Waals surface area (Å²) >= 11 is 0. The summed E-state index contributed by atoms with van der Waals surface area (Å²) in [5.74, 6) is -0.552. The fraction of sp³-hybridized carbons (Fsp3) is 0.438. The summed E-state index contributed by atoms with van der Waals surface area (Å²) in [7, 11) is -3.94. The van der Waals surface area contributed by atoms with Gasteiger partial charge in [0.15, 0.2) is 0 Å². The van der Waals surface area contributed by atoms with Crippen LogP contribution in [0.3, 0.4) is 0 Å². The van der Waals surface area contributed by atoms with Crippen LogP contribution in [0.4, 0.5) is 0 Å². The Hall–Kier alpha value is -2.22. The predicted molar refractivity (Wildman–Crippen MR) is 86.8 cm³/mol. The van der Waals surface area contributed by atoms with Gasteiger partial charge in [0.25, 0.3) is 0 Å². The molecule has 1 atom stereocenters. The molecule has 24 heavy (non-hydrogen) atoms. The molecule has 7 nitrogen and oxygen atoms in total. The molecular weight excluding hydrogens is 330 g/mol. The van der Waals surface area contributed by atoms with E-state index in [1.807, 2.05) is 6.07 Å². The number of piperidine rings is 1. The van der Waals surface area contributed by atoms with E-state index in [9.17, 15) is 13.2 Å². The summed E-state index contributed by atoms with van der Waals surface area (Å²) in [6.45, 7) is 3.24. The fourth-order valence-electron chi connectivity index (χ4n) is 2.76. The van der Waals surface area contributed by atoms with Crippen LogP contribution in [0.5, 0.6) is 0 Å². The fourth-order valence-corrected chi connectivity index (χ4v) is 3.77. The highest BCUT2D eigenvalue weighted by Crippen LogP contribution is 2.21. The maximum atomic E-state index is 12.4. The summed E-state index contributed by atoms with van der Waals surface area (Å²) in [5, 5.41) is 6.85. The molecule has 0 N–H and O–H groups in total. The van der Waals surface area contributed by atoms with Crippen LogP contribution < -0.4 is 0 Å². The lowest BCUT2D eigenvalue weighted by molar-refractivity contribution is -0.130. The second-order valence-electron chi connectivity index (χ2n) is 6.09. The van der Waals surface area contributed by atoms with Crippen molar-refractivity contribution >= 4 is 15.7 Å². The molecule has 0 aliphatic carbocycles. The van der Waals surface area contributed by atoms with E-state index < -0.39 is 26.7 Å². The third kappa shape index (κ3) is 3.64. The molecule has 2 heterocycles. The average molecular weight is 349 g/mol. The summed E-state index contributed by atoms with van der Waals surface area (Å²) in [6, 6.07) is 8.88. The Morgan fingerprint density at radius 3 is 2.75 bits per heavy atom. The molecule has 1 aromatic carbocycles. The van der Waals surface area contributed by atoms with Crippen molar-refractivity contribution in [2.45, 2.75) is 25.0 Å². The lowest BCUT2D eigenvalue weighted by Gasteiger charge is -2.30. The zero-order chi connectivity index (χ0) is 17.2. The smallest absolute Gasteiger partial charge is 0.336 e. The number of carbonyl (C=O) groups excluding carboxylic acids is 1. The minimum absolute atomic E-state index is 0.119. The minimum atomic E-state index is -3.94. The van der Waals surface area contributed by atoms with E-state index in [1.54, 1.807) is 29.2 Å². The molecule has 1 aromatic heterocycles. The quantitative estimate of drug-likeness (QED) is 0.835. The summed E-state index contributed by atoms with van der Waals surface area (Å²) in [4.78, 5) is 13.9. The van der Waals surface area contributed by atoms with Gasteiger partial charge in [-0.15, -0.1) is 5.10 Å². The third-order valence-electron chi connectivity index (χ3n) is 4.02. The van der Waals surface area contributed by atoms with Gasteiger partial charge in [-0.3, -0.25) is 4.79 Å². The number of carbonyl (C=O) groups is 1. The first-order valence-corrected chi connectivity index (χ1v) is 9.50. The number of nitrogens with zero attached hydrogens (tertiary/aromatic N) is 3. The zero-order valence-corrected chi connectivity index (χ0v) is 14.2. The Morgan fingerprint density at radius 1 is 1.29 bits per heavy atom. The first kappa shape index (κ1) is 16.6. The van der Waals surface area contributed by atoms with Gasteiger partial charge in [0, 0.05) is 18.7 Å². The van der Waals surface area contributed by atoms with E-state index in [-0.39, 0.29) is 5.89 Å². The molecule has 0 saturated carbocycles. The summed E-state index contributed by atoms with van der Waals surface area (Å²) < 4.78 is 30.0. The molecule has 1 fully saturated rings. The van der Waals surface area contributed by atoms with E-state index in [2.05, 4.69) is 17.1 Å². The van der Waals surface area contributed by atoms with Gasteiger partial charge in [0.1, 0.15) is 5.75 Å².